The first kappa shape index (κ1) is 15.5. The SMILES string of the molecule is CC/C=C(N)/C=C1\CCCOc2cc(C(C)(F)F)ccc21. The van der Waals surface area contributed by atoms with Gasteiger partial charge in [-0.25, -0.2) is 8.78 Å². The van der Waals surface area contributed by atoms with Crippen molar-refractivity contribution in [2.24, 2.45) is 5.73 Å². The summed E-state index contributed by atoms with van der Waals surface area (Å²) in [7, 11) is 0. The summed E-state index contributed by atoms with van der Waals surface area (Å²) in [5, 5.41) is 0. The van der Waals surface area contributed by atoms with Gasteiger partial charge < -0.3 is 10.5 Å². The fraction of sp³-hybridized carbons (Fsp3) is 0.412. The van der Waals surface area contributed by atoms with Gasteiger partial charge >= 0.3 is 0 Å². The smallest absolute Gasteiger partial charge is 0.270 e. The number of nitrogens with two attached hydrogens (primary N) is 1. The van der Waals surface area contributed by atoms with E-state index in [2.05, 4.69) is 0 Å². The molecule has 2 nitrogen and oxygen atoms in total. The molecule has 4 heteroatoms. The lowest BCUT2D eigenvalue weighted by molar-refractivity contribution is 0.0172. The summed E-state index contributed by atoms with van der Waals surface area (Å²) in [6.45, 7) is 3.44. The topological polar surface area (TPSA) is 35.2 Å². The largest absolute Gasteiger partial charge is 0.493 e. The van der Waals surface area contributed by atoms with Gasteiger partial charge in [0.25, 0.3) is 5.92 Å². The monoisotopic (exact) mass is 293 g/mol. The first-order valence-corrected chi connectivity index (χ1v) is 7.23. The van der Waals surface area contributed by atoms with Crippen LogP contribution in [0.25, 0.3) is 5.57 Å². The summed E-state index contributed by atoms with van der Waals surface area (Å²) in [5.74, 6) is -2.35. The zero-order chi connectivity index (χ0) is 15.5. The Bertz CT molecular complexity index is 571. The van der Waals surface area contributed by atoms with Crippen LogP contribution in [0.2, 0.25) is 0 Å². The van der Waals surface area contributed by atoms with Crippen molar-refractivity contribution in [1.82, 2.24) is 0 Å². The van der Waals surface area contributed by atoms with E-state index in [4.69, 9.17) is 10.5 Å². The van der Waals surface area contributed by atoms with Crippen LogP contribution in [0.1, 0.15) is 44.2 Å². The van der Waals surface area contributed by atoms with E-state index in [1.165, 1.54) is 12.1 Å². The molecule has 0 fully saturated rings. The quantitative estimate of drug-likeness (QED) is 0.883. The number of allylic oxidation sites excluding steroid dienone is 3. The van der Waals surface area contributed by atoms with Gasteiger partial charge in [-0.2, -0.15) is 0 Å². The van der Waals surface area contributed by atoms with Gasteiger partial charge in [0, 0.05) is 23.7 Å². The summed E-state index contributed by atoms with van der Waals surface area (Å²) >= 11 is 0. The number of benzene rings is 1. The fourth-order valence-electron chi connectivity index (χ4n) is 2.41. The molecule has 21 heavy (non-hydrogen) atoms. The summed E-state index contributed by atoms with van der Waals surface area (Å²) in [6, 6.07) is 4.60. The number of fused-ring (bicyclic) bond motifs is 1. The van der Waals surface area contributed by atoms with Crippen LogP contribution in [0, 0.1) is 0 Å². The van der Waals surface area contributed by atoms with Crippen molar-refractivity contribution in [3.8, 4) is 5.75 Å². The summed E-state index contributed by atoms with van der Waals surface area (Å²) in [6.07, 6.45) is 6.39. The van der Waals surface area contributed by atoms with Crippen LogP contribution in [0.3, 0.4) is 0 Å². The lowest BCUT2D eigenvalue weighted by atomic mass is 9.97. The normalized spacial score (nSPS) is 18.1. The Morgan fingerprint density at radius 3 is 2.86 bits per heavy atom. The third kappa shape index (κ3) is 3.84. The molecule has 2 rings (SSSR count). The van der Waals surface area contributed by atoms with E-state index in [0.717, 1.165) is 37.3 Å². The molecule has 0 atom stereocenters. The minimum atomic E-state index is -2.87. The molecule has 114 valence electrons. The van der Waals surface area contributed by atoms with Crippen molar-refractivity contribution in [2.75, 3.05) is 6.61 Å². The average Bonchev–Trinajstić information content (AvgIpc) is 2.60. The van der Waals surface area contributed by atoms with Gasteiger partial charge in [0.1, 0.15) is 5.75 Å². The molecule has 1 aromatic rings. The standard InChI is InChI=1S/C17H21F2NO/c1-3-5-14(20)10-12-6-4-9-21-16-11-13(17(2,18)19)7-8-15(12)16/h5,7-8,10-11H,3-4,6,9,20H2,1-2H3/b12-10+,14-5-. The first-order chi connectivity index (χ1) is 9.91. The van der Waals surface area contributed by atoms with Gasteiger partial charge in [0.15, 0.2) is 0 Å². The van der Waals surface area contributed by atoms with Crippen LogP contribution in [0.5, 0.6) is 5.75 Å². The third-order valence-electron chi connectivity index (χ3n) is 3.46. The molecule has 0 unspecified atom stereocenters. The van der Waals surface area contributed by atoms with E-state index in [1.807, 2.05) is 19.1 Å². The molecule has 0 bridgehead atoms. The van der Waals surface area contributed by atoms with E-state index in [0.29, 0.717) is 18.1 Å². The Labute approximate surface area is 124 Å². The Kier molecular flexibility index (Phi) is 4.66. The second-order valence-corrected chi connectivity index (χ2v) is 5.33. The van der Waals surface area contributed by atoms with Crippen molar-refractivity contribution in [3.05, 3.63) is 47.2 Å². The molecule has 0 aliphatic carbocycles. The highest BCUT2D eigenvalue weighted by atomic mass is 19.3. The molecule has 0 saturated carbocycles. The summed E-state index contributed by atoms with van der Waals surface area (Å²) in [4.78, 5) is 0. The molecule has 1 heterocycles. The van der Waals surface area contributed by atoms with Crippen molar-refractivity contribution in [1.29, 1.82) is 0 Å². The molecule has 1 aliphatic rings. The highest BCUT2D eigenvalue weighted by Crippen LogP contribution is 2.37. The number of rotatable bonds is 3. The van der Waals surface area contributed by atoms with Gasteiger partial charge in [-0.15, -0.1) is 0 Å². The Hall–Kier alpha value is -1.84. The molecule has 0 radical (unpaired) electrons. The highest BCUT2D eigenvalue weighted by molar-refractivity contribution is 5.73. The van der Waals surface area contributed by atoms with Crippen LogP contribution >= 0.6 is 0 Å². The zero-order valence-corrected chi connectivity index (χ0v) is 12.5. The molecular weight excluding hydrogens is 272 g/mol. The van der Waals surface area contributed by atoms with Crippen LogP contribution in [-0.4, -0.2) is 6.61 Å². The average molecular weight is 293 g/mol. The van der Waals surface area contributed by atoms with Crippen LogP contribution in [-0.2, 0) is 5.92 Å². The highest BCUT2D eigenvalue weighted by Gasteiger charge is 2.26. The molecule has 1 aliphatic heterocycles. The van der Waals surface area contributed by atoms with E-state index in [1.54, 1.807) is 6.07 Å². The lowest BCUT2D eigenvalue weighted by Crippen LogP contribution is -2.07. The van der Waals surface area contributed by atoms with Crippen LogP contribution in [0.15, 0.2) is 36.0 Å². The second-order valence-electron chi connectivity index (χ2n) is 5.33. The molecule has 1 aromatic carbocycles. The minimum absolute atomic E-state index is 0.0282. The Morgan fingerprint density at radius 1 is 1.43 bits per heavy atom. The number of hydrogen-bond donors (Lipinski definition) is 1. The van der Waals surface area contributed by atoms with E-state index >= 15 is 0 Å². The lowest BCUT2D eigenvalue weighted by Gasteiger charge is -2.15. The Morgan fingerprint density at radius 2 is 2.19 bits per heavy atom. The van der Waals surface area contributed by atoms with E-state index < -0.39 is 5.92 Å². The molecule has 2 N–H and O–H groups in total. The molecule has 0 saturated heterocycles. The Balaban J connectivity index is 2.45. The molecular formula is C17H21F2NO. The maximum atomic E-state index is 13.4. The number of ether oxygens (including phenoxy) is 1. The summed E-state index contributed by atoms with van der Waals surface area (Å²) in [5.41, 5.74) is 8.51. The zero-order valence-electron chi connectivity index (χ0n) is 12.5. The maximum Gasteiger partial charge on any atom is 0.270 e. The minimum Gasteiger partial charge on any atom is -0.493 e. The van der Waals surface area contributed by atoms with Gasteiger partial charge in [0.2, 0.25) is 0 Å². The van der Waals surface area contributed by atoms with Crippen LogP contribution < -0.4 is 10.5 Å². The van der Waals surface area contributed by atoms with Gasteiger partial charge in [-0.05, 0) is 37.0 Å². The van der Waals surface area contributed by atoms with Crippen molar-refractivity contribution >= 4 is 5.57 Å². The molecule has 0 aromatic heterocycles. The van der Waals surface area contributed by atoms with Gasteiger partial charge in [-0.1, -0.05) is 25.1 Å². The molecule has 0 amide bonds. The van der Waals surface area contributed by atoms with Gasteiger partial charge in [0.05, 0.1) is 6.61 Å². The van der Waals surface area contributed by atoms with Crippen molar-refractivity contribution < 1.29 is 13.5 Å². The molecule has 0 spiro atoms. The van der Waals surface area contributed by atoms with Crippen molar-refractivity contribution in [2.45, 2.75) is 39.0 Å². The number of alkyl halides is 2. The van der Waals surface area contributed by atoms with E-state index in [-0.39, 0.29) is 5.56 Å². The fourth-order valence-corrected chi connectivity index (χ4v) is 2.41. The number of hydrogen-bond acceptors (Lipinski definition) is 2. The first-order valence-electron chi connectivity index (χ1n) is 7.23. The summed E-state index contributed by atoms with van der Waals surface area (Å²) < 4.78 is 32.5. The third-order valence-corrected chi connectivity index (χ3v) is 3.46. The second kappa shape index (κ2) is 6.29. The predicted molar refractivity (Wildman–Crippen MR) is 81.3 cm³/mol. The van der Waals surface area contributed by atoms with Crippen LogP contribution in [0.4, 0.5) is 8.78 Å². The van der Waals surface area contributed by atoms with Crippen molar-refractivity contribution in [3.63, 3.8) is 0 Å². The predicted octanol–water partition coefficient (Wildman–Crippen LogP) is 4.61. The maximum absolute atomic E-state index is 13.4. The van der Waals surface area contributed by atoms with E-state index in [9.17, 15) is 8.78 Å². The van der Waals surface area contributed by atoms with Gasteiger partial charge in [-0.3, -0.25) is 0 Å². The number of halogens is 2.